The molecule has 54 heavy (non-hydrogen) atoms. The number of fused-ring (bicyclic) bond motifs is 6. The second kappa shape index (κ2) is 16.8. The second-order valence-corrected chi connectivity index (χ2v) is 16.3. The quantitative estimate of drug-likeness (QED) is 0.0680. The summed E-state index contributed by atoms with van der Waals surface area (Å²) in [6.07, 6.45) is 7.93. The van der Waals surface area contributed by atoms with Crippen LogP contribution in [0.15, 0.2) is 84.8 Å². The third-order valence-corrected chi connectivity index (χ3v) is 11.5. The van der Waals surface area contributed by atoms with Crippen molar-refractivity contribution in [1.82, 2.24) is 9.46 Å². The Labute approximate surface area is 336 Å². The van der Waals surface area contributed by atoms with Gasteiger partial charge in [-0.1, -0.05) is 125 Å². The number of hydrogen-bond donors (Lipinski definition) is 1. The van der Waals surface area contributed by atoms with Gasteiger partial charge in [-0.25, -0.2) is 0 Å². The average Bonchev–Trinajstić information content (AvgIpc) is 3.46. The van der Waals surface area contributed by atoms with Gasteiger partial charge in [0.2, 0.25) is 0 Å². The van der Waals surface area contributed by atoms with Gasteiger partial charge in [-0.2, -0.15) is 0 Å². The van der Waals surface area contributed by atoms with Crippen molar-refractivity contribution in [3.8, 4) is 11.3 Å². The molecule has 0 atom stereocenters. The number of aromatic nitrogens is 2. The van der Waals surface area contributed by atoms with E-state index in [2.05, 4.69) is 119 Å². The zero-order chi connectivity index (χ0) is 38.2. The van der Waals surface area contributed by atoms with E-state index in [4.69, 9.17) is 4.98 Å². The topological polar surface area (TPSA) is 55.1 Å². The normalized spacial score (nSPS) is 12.7. The predicted molar refractivity (Wildman–Crippen MR) is 227 cm³/mol. The fourth-order valence-corrected chi connectivity index (χ4v) is 8.56. The molecule has 0 saturated heterocycles. The van der Waals surface area contributed by atoms with Crippen LogP contribution in [0.1, 0.15) is 96.4 Å². The number of pyridine rings is 1. The molecule has 3 heterocycles. The van der Waals surface area contributed by atoms with Crippen molar-refractivity contribution in [2.75, 3.05) is 0 Å². The summed E-state index contributed by atoms with van der Waals surface area (Å²) in [4.78, 5) is 16.7. The van der Waals surface area contributed by atoms with Crippen molar-refractivity contribution in [3.63, 3.8) is 0 Å². The Morgan fingerprint density at radius 3 is 2.11 bits per heavy atom. The van der Waals surface area contributed by atoms with E-state index in [1.807, 2.05) is 33.9 Å². The number of rotatable bonds is 9. The molecule has 0 saturated carbocycles. The third-order valence-electron chi connectivity index (χ3n) is 11.5. The number of carbonyl (C=O) groups is 1. The van der Waals surface area contributed by atoms with Gasteiger partial charge in [0.05, 0.1) is 5.76 Å². The number of aliphatic hydroxyl groups excluding tert-OH is 1. The first kappa shape index (κ1) is 41.2. The number of aliphatic hydroxyl groups is 1. The van der Waals surface area contributed by atoms with Gasteiger partial charge in [0, 0.05) is 71.7 Å². The molecule has 0 unspecified atom stereocenters. The summed E-state index contributed by atoms with van der Waals surface area (Å²) in [5.41, 5.74) is 13.1. The first-order valence-electron chi connectivity index (χ1n) is 19.7. The van der Waals surface area contributed by atoms with Gasteiger partial charge < -0.3 is 9.58 Å². The van der Waals surface area contributed by atoms with Gasteiger partial charge in [-0.05, 0) is 75.5 Å². The molecule has 1 aliphatic rings. The van der Waals surface area contributed by atoms with Crippen LogP contribution in [0.25, 0.3) is 43.8 Å². The number of aryl methyl sites for hydroxylation is 3. The molecule has 0 aliphatic carbocycles. The van der Waals surface area contributed by atoms with E-state index in [1.165, 1.54) is 66.4 Å². The second-order valence-electron chi connectivity index (χ2n) is 16.3. The summed E-state index contributed by atoms with van der Waals surface area (Å²) in [6.45, 7) is 21.9. The number of allylic oxidation sites excluding steroid dienone is 2. The molecule has 283 valence electrons. The molecule has 0 fully saturated rings. The molecule has 0 bridgehead atoms. The number of nitrogens with zero attached hydrogens (tertiary/aromatic N) is 2. The van der Waals surface area contributed by atoms with Crippen molar-refractivity contribution in [1.29, 1.82) is 0 Å². The molecule has 2 aromatic heterocycles. The van der Waals surface area contributed by atoms with Crippen LogP contribution in [0.5, 0.6) is 0 Å². The third kappa shape index (κ3) is 7.75. The van der Waals surface area contributed by atoms with Crippen LogP contribution in [-0.2, 0) is 31.3 Å². The van der Waals surface area contributed by atoms with E-state index >= 15 is 0 Å². The molecule has 4 nitrogen and oxygen atoms in total. The van der Waals surface area contributed by atoms with Crippen molar-refractivity contribution in [3.05, 3.63) is 113 Å². The van der Waals surface area contributed by atoms with Crippen molar-refractivity contribution >= 4 is 56.1 Å². The number of hydrogen-bond acceptors (Lipinski definition) is 3. The Balaban J connectivity index is 0.000000301. The van der Waals surface area contributed by atoms with Gasteiger partial charge >= 0.3 is 0 Å². The molecule has 1 aliphatic heterocycles. The van der Waals surface area contributed by atoms with E-state index in [1.54, 1.807) is 0 Å². The van der Waals surface area contributed by atoms with Crippen molar-refractivity contribution < 1.29 is 30.0 Å². The summed E-state index contributed by atoms with van der Waals surface area (Å²) >= 11 is 0. The van der Waals surface area contributed by atoms with Gasteiger partial charge in [0.25, 0.3) is 6.85 Å². The molecule has 0 spiro atoms. The maximum atomic E-state index is 11.7. The summed E-state index contributed by atoms with van der Waals surface area (Å²) in [7, 11) is 0. The van der Waals surface area contributed by atoms with Gasteiger partial charge in [0.1, 0.15) is 0 Å². The maximum absolute atomic E-state index is 11.7. The predicted octanol–water partition coefficient (Wildman–Crippen LogP) is 11.2. The number of ketones is 1. The molecular formula is C48H56BIrN2O2-. The Hall–Kier alpha value is -3.99. The molecule has 0 amide bonds. The summed E-state index contributed by atoms with van der Waals surface area (Å²) in [5.74, 6) is 0.547. The SMILES string of the molecule is CCC(CC)C(=O)/C=C(\O)C(CC)CC.Cc1cccc(C)c1B1c2cc3ccccc3[c-]c2-c2nccc3c4ccc(CC(C)(C)C)c(C)c4n1c23.[Ir]. The minimum absolute atomic E-state index is 0. The summed E-state index contributed by atoms with van der Waals surface area (Å²) < 4.78 is 2.62. The van der Waals surface area contributed by atoms with E-state index in [0.29, 0.717) is 0 Å². The Bertz CT molecular complexity index is 2320. The van der Waals surface area contributed by atoms with Gasteiger partial charge in [-0.15, -0.1) is 29.0 Å². The van der Waals surface area contributed by atoms with E-state index < -0.39 is 0 Å². The van der Waals surface area contributed by atoms with Crippen LogP contribution >= 0.6 is 0 Å². The minimum Gasteiger partial charge on any atom is -0.512 e. The van der Waals surface area contributed by atoms with E-state index in [0.717, 1.165) is 48.7 Å². The van der Waals surface area contributed by atoms with Crippen LogP contribution in [0, 0.1) is 44.1 Å². The van der Waals surface area contributed by atoms with Crippen molar-refractivity contribution in [2.24, 2.45) is 17.3 Å². The maximum Gasteiger partial charge on any atom is 0.283 e. The first-order valence-corrected chi connectivity index (χ1v) is 19.7. The monoisotopic (exact) mass is 896 g/mol. The van der Waals surface area contributed by atoms with Crippen LogP contribution in [0.4, 0.5) is 0 Å². The van der Waals surface area contributed by atoms with Crippen LogP contribution in [0.2, 0.25) is 0 Å². The fourth-order valence-electron chi connectivity index (χ4n) is 8.56. The smallest absolute Gasteiger partial charge is 0.283 e. The molecule has 1 N–H and O–H groups in total. The van der Waals surface area contributed by atoms with E-state index in [-0.39, 0.29) is 55.7 Å². The molecule has 6 heteroatoms. The number of carbonyl (C=O) groups excluding carboxylic acids is 1. The fraction of sp³-hybridized carbons (Fsp3) is 0.375. The molecule has 6 aromatic rings. The summed E-state index contributed by atoms with van der Waals surface area (Å²) in [5, 5.41) is 14.7. The Kier molecular flexibility index (Phi) is 12.8. The van der Waals surface area contributed by atoms with Crippen molar-refractivity contribution in [2.45, 2.75) is 101 Å². The zero-order valence-electron chi connectivity index (χ0n) is 33.9. The molecule has 1 radical (unpaired) electrons. The minimum atomic E-state index is 0. The standard InChI is InChI=1S/C35H32BN2.C13H24O2.Ir/c1-21-10-9-11-22(2)31(21)36-30-19-25-13-8-7-12-24(25)18-29(30)32-34-28(16-17-37-32)27-15-14-26(20-35(4,5)6)23(3)33(27)38(34)36;1-5-10(6-2)12(14)9-13(15)11(7-3)8-4;/h7-17,19H,20H2,1-6H3;9-11,14H,5-8H2,1-4H3;/q-1;;/b;12-9-;. The average molecular weight is 896 g/mol. The van der Waals surface area contributed by atoms with E-state index in [9.17, 15) is 9.90 Å². The molecular weight excluding hydrogens is 840 g/mol. The van der Waals surface area contributed by atoms with Crippen LogP contribution in [0.3, 0.4) is 0 Å². The van der Waals surface area contributed by atoms with Crippen LogP contribution < -0.4 is 10.9 Å². The number of benzene rings is 4. The molecule has 7 rings (SSSR count). The first-order chi connectivity index (χ1) is 25.3. The molecule has 4 aromatic carbocycles. The van der Waals surface area contributed by atoms with Gasteiger partial charge in [-0.3, -0.25) is 9.78 Å². The Morgan fingerprint density at radius 1 is 0.852 bits per heavy atom. The van der Waals surface area contributed by atoms with Gasteiger partial charge in [0.15, 0.2) is 5.78 Å². The largest absolute Gasteiger partial charge is 0.512 e. The summed E-state index contributed by atoms with van der Waals surface area (Å²) in [6, 6.07) is 28.4. The zero-order valence-corrected chi connectivity index (χ0v) is 36.3. The Morgan fingerprint density at radius 2 is 1.48 bits per heavy atom. The van der Waals surface area contributed by atoms with Crippen LogP contribution in [-0.4, -0.2) is 27.2 Å².